The number of piperidine rings is 1. The van der Waals surface area contributed by atoms with Crippen LogP contribution in [-0.2, 0) is 9.59 Å². The number of nitrogens with one attached hydrogen (secondary N) is 1. The minimum Gasteiger partial charge on any atom is -0.481 e. The van der Waals surface area contributed by atoms with E-state index < -0.39 is 11.9 Å². The SMILES string of the molecule is O=C(NC1CCCCCCC1C(=O)O)C1CCN(C(=O)N2CCCC2)CC1. The maximum atomic E-state index is 12.7. The first-order chi connectivity index (χ1) is 13.1. The van der Waals surface area contributed by atoms with Crippen molar-refractivity contribution in [2.75, 3.05) is 26.2 Å². The maximum Gasteiger partial charge on any atom is 0.319 e. The van der Waals surface area contributed by atoms with Gasteiger partial charge in [-0.1, -0.05) is 25.7 Å². The van der Waals surface area contributed by atoms with Gasteiger partial charge in [-0.05, 0) is 38.5 Å². The molecule has 2 unspecified atom stereocenters. The number of carbonyl (C=O) groups excluding carboxylic acids is 2. The van der Waals surface area contributed by atoms with Crippen LogP contribution in [0.25, 0.3) is 0 Å². The van der Waals surface area contributed by atoms with Gasteiger partial charge >= 0.3 is 12.0 Å². The van der Waals surface area contributed by atoms with Gasteiger partial charge in [0, 0.05) is 38.1 Å². The van der Waals surface area contributed by atoms with E-state index in [1.165, 1.54) is 0 Å². The molecule has 0 aromatic rings. The van der Waals surface area contributed by atoms with E-state index in [2.05, 4.69) is 5.32 Å². The molecule has 2 saturated heterocycles. The number of hydrogen-bond acceptors (Lipinski definition) is 3. The smallest absolute Gasteiger partial charge is 0.319 e. The van der Waals surface area contributed by atoms with Crippen molar-refractivity contribution >= 4 is 17.9 Å². The van der Waals surface area contributed by atoms with Crippen LogP contribution in [0.3, 0.4) is 0 Å². The number of nitrogens with zero attached hydrogens (tertiary/aromatic N) is 2. The lowest BCUT2D eigenvalue weighted by Gasteiger charge is -2.35. The van der Waals surface area contributed by atoms with E-state index in [0.29, 0.717) is 32.4 Å². The molecule has 0 bridgehead atoms. The molecule has 2 atom stereocenters. The number of amides is 3. The standard InChI is InChI=1S/C20H33N3O4/c24-18(21-17-8-4-2-1-3-7-16(17)19(25)26)15-9-13-23(14-10-15)20(27)22-11-5-6-12-22/h15-17H,1-14H2,(H,21,24)(H,25,26). The van der Waals surface area contributed by atoms with Crippen LogP contribution in [-0.4, -0.2) is 65.0 Å². The van der Waals surface area contributed by atoms with E-state index in [1.807, 2.05) is 9.80 Å². The summed E-state index contributed by atoms with van der Waals surface area (Å²) in [7, 11) is 0. The molecule has 152 valence electrons. The van der Waals surface area contributed by atoms with Crippen molar-refractivity contribution in [3.8, 4) is 0 Å². The molecule has 27 heavy (non-hydrogen) atoms. The number of carboxylic acid groups (broad SMARTS) is 1. The van der Waals surface area contributed by atoms with Gasteiger partial charge < -0.3 is 20.2 Å². The Hall–Kier alpha value is -1.79. The average Bonchev–Trinajstić information content (AvgIpc) is 3.18. The molecule has 0 aromatic heterocycles. The Morgan fingerprint density at radius 2 is 1.33 bits per heavy atom. The fourth-order valence-electron chi connectivity index (χ4n) is 4.69. The van der Waals surface area contributed by atoms with Gasteiger partial charge in [-0.3, -0.25) is 9.59 Å². The minimum absolute atomic E-state index is 0.0277. The third kappa shape index (κ3) is 5.14. The number of carboxylic acids is 1. The quantitative estimate of drug-likeness (QED) is 0.788. The lowest BCUT2D eigenvalue weighted by Crippen LogP contribution is -2.50. The van der Waals surface area contributed by atoms with Crippen molar-refractivity contribution in [3.05, 3.63) is 0 Å². The van der Waals surface area contributed by atoms with Crippen molar-refractivity contribution < 1.29 is 19.5 Å². The normalized spacial score (nSPS) is 27.7. The second-order valence-corrected chi connectivity index (χ2v) is 8.29. The number of hydrogen-bond donors (Lipinski definition) is 2. The molecule has 3 rings (SSSR count). The van der Waals surface area contributed by atoms with Crippen LogP contribution >= 0.6 is 0 Å². The van der Waals surface area contributed by atoms with Gasteiger partial charge in [0.2, 0.25) is 5.91 Å². The first-order valence-corrected chi connectivity index (χ1v) is 10.6. The molecule has 0 aromatic carbocycles. The third-order valence-electron chi connectivity index (χ3n) is 6.42. The lowest BCUT2D eigenvalue weighted by atomic mass is 9.86. The molecule has 7 heteroatoms. The predicted molar refractivity (Wildman–Crippen MR) is 101 cm³/mol. The number of carbonyl (C=O) groups is 3. The summed E-state index contributed by atoms with van der Waals surface area (Å²) in [5, 5.41) is 12.6. The zero-order chi connectivity index (χ0) is 19.2. The fraction of sp³-hybridized carbons (Fsp3) is 0.850. The summed E-state index contributed by atoms with van der Waals surface area (Å²) in [5.74, 6) is -1.42. The predicted octanol–water partition coefficient (Wildman–Crippen LogP) is 2.45. The van der Waals surface area contributed by atoms with Crippen molar-refractivity contribution in [1.29, 1.82) is 0 Å². The zero-order valence-corrected chi connectivity index (χ0v) is 16.2. The van der Waals surface area contributed by atoms with Gasteiger partial charge in [-0.15, -0.1) is 0 Å². The molecular weight excluding hydrogens is 346 g/mol. The average molecular weight is 380 g/mol. The number of urea groups is 1. The van der Waals surface area contributed by atoms with Crippen molar-refractivity contribution in [2.24, 2.45) is 11.8 Å². The fourth-order valence-corrected chi connectivity index (χ4v) is 4.69. The van der Waals surface area contributed by atoms with Crippen molar-refractivity contribution in [3.63, 3.8) is 0 Å². The summed E-state index contributed by atoms with van der Waals surface area (Å²) in [4.78, 5) is 40.6. The first kappa shape index (κ1) is 20.0. The van der Waals surface area contributed by atoms with E-state index in [1.54, 1.807) is 0 Å². The highest BCUT2D eigenvalue weighted by Crippen LogP contribution is 2.25. The third-order valence-corrected chi connectivity index (χ3v) is 6.42. The molecule has 0 radical (unpaired) electrons. The van der Waals surface area contributed by atoms with E-state index >= 15 is 0 Å². The van der Waals surface area contributed by atoms with E-state index in [-0.39, 0.29) is 23.9 Å². The van der Waals surface area contributed by atoms with Crippen LogP contribution in [0, 0.1) is 11.8 Å². The molecule has 2 N–H and O–H groups in total. The zero-order valence-electron chi connectivity index (χ0n) is 16.2. The van der Waals surface area contributed by atoms with E-state index in [0.717, 1.165) is 58.0 Å². The molecular formula is C20H33N3O4. The first-order valence-electron chi connectivity index (χ1n) is 10.6. The Kier molecular flexibility index (Phi) is 6.96. The highest BCUT2D eigenvalue weighted by molar-refractivity contribution is 5.81. The molecule has 1 aliphatic carbocycles. The number of rotatable bonds is 3. The molecule has 3 amide bonds. The van der Waals surface area contributed by atoms with Crippen molar-refractivity contribution in [1.82, 2.24) is 15.1 Å². The van der Waals surface area contributed by atoms with Crippen LogP contribution < -0.4 is 5.32 Å². The van der Waals surface area contributed by atoms with Crippen LogP contribution in [0.5, 0.6) is 0 Å². The molecule has 0 spiro atoms. The van der Waals surface area contributed by atoms with E-state index in [4.69, 9.17) is 0 Å². The largest absolute Gasteiger partial charge is 0.481 e. The summed E-state index contributed by atoms with van der Waals surface area (Å²) >= 11 is 0. The van der Waals surface area contributed by atoms with Gasteiger partial charge in [-0.2, -0.15) is 0 Å². The number of likely N-dealkylation sites (tertiary alicyclic amines) is 2. The Morgan fingerprint density at radius 1 is 0.741 bits per heavy atom. The minimum atomic E-state index is -0.798. The van der Waals surface area contributed by atoms with Crippen LogP contribution in [0.15, 0.2) is 0 Å². The van der Waals surface area contributed by atoms with Gasteiger partial charge in [0.05, 0.1) is 5.92 Å². The summed E-state index contributed by atoms with van der Waals surface area (Å²) in [6.07, 6.45) is 8.94. The summed E-state index contributed by atoms with van der Waals surface area (Å²) in [5.41, 5.74) is 0. The summed E-state index contributed by atoms with van der Waals surface area (Å²) < 4.78 is 0. The monoisotopic (exact) mass is 379 g/mol. The number of aliphatic carboxylic acids is 1. The summed E-state index contributed by atoms with van der Waals surface area (Å²) in [6.45, 7) is 2.91. The molecule has 2 aliphatic heterocycles. The highest BCUT2D eigenvalue weighted by Gasteiger charge is 2.34. The van der Waals surface area contributed by atoms with Crippen molar-refractivity contribution in [2.45, 2.75) is 70.3 Å². The molecule has 3 aliphatic rings. The second-order valence-electron chi connectivity index (χ2n) is 8.29. The Balaban J connectivity index is 1.50. The molecule has 3 fully saturated rings. The van der Waals surface area contributed by atoms with Crippen LogP contribution in [0.4, 0.5) is 4.79 Å². The van der Waals surface area contributed by atoms with Gasteiger partial charge in [0.1, 0.15) is 0 Å². The second kappa shape index (κ2) is 9.42. The Labute approximate surface area is 161 Å². The topological polar surface area (TPSA) is 90.0 Å². The van der Waals surface area contributed by atoms with Crippen LogP contribution in [0.2, 0.25) is 0 Å². The Morgan fingerprint density at radius 3 is 1.96 bits per heavy atom. The van der Waals surface area contributed by atoms with Gasteiger partial charge in [-0.25, -0.2) is 4.79 Å². The molecule has 1 saturated carbocycles. The molecule has 2 heterocycles. The van der Waals surface area contributed by atoms with Gasteiger partial charge in [0.25, 0.3) is 0 Å². The molecule has 7 nitrogen and oxygen atoms in total. The lowest BCUT2D eigenvalue weighted by molar-refractivity contribution is -0.143. The van der Waals surface area contributed by atoms with E-state index in [9.17, 15) is 19.5 Å². The maximum absolute atomic E-state index is 12.7. The highest BCUT2D eigenvalue weighted by atomic mass is 16.4. The van der Waals surface area contributed by atoms with Gasteiger partial charge in [0.15, 0.2) is 0 Å². The Bertz CT molecular complexity index is 539. The van der Waals surface area contributed by atoms with Crippen LogP contribution in [0.1, 0.15) is 64.2 Å². The summed E-state index contributed by atoms with van der Waals surface area (Å²) in [6, 6.07) is -0.156.